The van der Waals surface area contributed by atoms with Crippen molar-refractivity contribution in [1.29, 1.82) is 0 Å². The van der Waals surface area contributed by atoms with Crippen molar-refractivity contribution in [3.05, 3.63) is 107 Å². The lowest BCUT2D eigenvalue weighted by Crippen LogP contribution is -2.62. The molecule has 3 fully saturated rings. The molecule has 3 amide bonds. The van der Waals surface area contributed by atoms with E-state index < -0.39 is 86.9 Å². The van der Waals surface area contributed by atoms with Gasteiger partial charge in [0.05, 0.1) is 53.3 Å². The average molecular weight is 1160 g/mol. The zero-order valence-corrected chi connectivity index (χ0v) is 48.6. The molecule has 7 atom stereocenters. The number of oxazole rings is 1. The molecule has 83 heavy (non-hydrogen) atoms. The first-order chi connectivity index (χ1) is 39.6. The van der Waals surface area contributed by atoms with E-state index in [1.165, 1.54) is 28.1 Å². The summed E-state index contributed by atoms with van der Waals surface area (Å²) in [7, 11) is 0.0815. The second-order valence-electron chi connectivity index (χ2n) is 23.8. The van der Waals surface area contributed by atoms with Crippen molar-refractivity contribution in [2.75, 3.05) is 64.2 Å². The van der Waals surface area contributed by atoms with Crippen LogP contribution in [-0.4, -0.2) is 149 Å². The molecule has 11 rings (SSSR count). The fraction of sp³-hybridized carbons (Fsp3) is 0.475. The third-order valence-corrected chi connectivity index (χ3v) is 18.9. The molecule has 0 radical (unpaired) electrons. The molecule has 440 valence electrons. The fourth-order valence-electron chi connectivity index (χ4n) is 13.1. The molecule has 0 saturated carbocycles. The lowest BCUT2D eigenvalue weighted by molar-refractivity contribution is -0.156. The summed E-state index contributed by atoms with van der Waals surface area (Å²) in [6, 6.07) is 13.8. The van der Waals surface area contributed by atoms with Crippen LogP contribution < -0.4 is 16.5 Å². The number of phenols is 1. The predicted octanol–water partition coefficient (Wildman–Crippen LogP) is 6.65. The largest absolute Gasteiger partial charge is 0.508 e. The molecular weight excluding hydrogens is 1090 g/mol. The number of phenolic OH excluding ortho intramolecular Hbond substituents is 1. The number of methoxy groups -OCH3 is 1. The first-order valence-electron chi connectivity index (χ1n) is 28.5. The number of ether oxygens (including phenoxy) is 3. The highest BCUT2D eigenvalue weighted by Gasteiger charge is 2.49. The van der Waals surface area contributed by atoms with Crippen LogP contribution in [0.4, 0.5) is 10.1 Å². The van der Waals surface area contributed by atoms with E-state index >= 15 is 9.18 Å². The molecule has 0 spiro atoms. The number of nitrogen functional groups attached to an aromatic ring is 1. The zero-order valence-electron chi connectivity index (χ0n) is 47.8. The maximum Gasteiger partial charge on any atom is 0.324 e. The van der Waals surface area contributed by atoms with Gasteiger partial charge < -0.3 is 44.3 Å². The minimum atomic E-state index is -3.07. The van der Waals surface area contributed by atoms with E-state index in [9.17, 15) is 27.9 Å². The molecular formula is C61H72FN9O11S. The summed E-state index contributed by atoms with van der Waals surface area (Å²) in [5.74, 6) is -3.22. The topological polar surface area (TPSA) is 254 Å². The minimum absolute atomic E-state index is 0.0764. The number of aryl methyl sites for hydroxylation is 1. The van der Waals surface area contributed by atoms with Crippen LogP contribution in [0.5, 0.6) is 5.75 Å². The first-order valence-corrected chi connectivity index (χ1v) is 30.3. The molecule has 3 aromatic heterocycles. The maximum absolute atomic E-state index is 17.3. The van der Waals surface area contributed by atoms with Crippen LogP contribution in [0.1, 0.15) is 100.0 Å². The van der Waals surface area contributed by atoms with Crippen LogP contribution >= 0.6 is 0 Å². The predicted molar refractivity (Wildman–Crippen MR) is 307 cm³/mol. The summed E-state index contributed by atoms with van der Waals surface area (Å²) in [4.78, 5) is 71.8. The number of rotatable bonds is 11. The standard InChI is InChI=1S/C61H72FN9O11S/c1-8-70-48-28-45(62)42-27-43(48)49-50(55(79-7)51-44(53(49)70)26-37(29-64-51)57-65-30-40(82-57)31-69-17-20-83(77,78)21-18-69)61(4,5)32-81-60(76)46-10-9-16-71(67-46)58(74)47(24-34-22-36(42)25-39(72)23-34)66-56(73)52(33(2)3)68(6)59(75)54-41(15-19-80-54)35-11-13-38(63)14-12-35/h11-14,22-23,25-30,33,41,46-47,50,52,54-55,67,72H,8-10,15-21,24,31-32,63H2,1-7H3,(H,66,73). The Labute approximate surface area is 481 Å². The van der Waals surface area contributed by atoms with Crippen LogP contribution in [0.15, 0.2) is 77.5 Å². The molecule has 5 N–H and O–H groups in total. The molecule has 3 saturated heterocycles. The zero-order chi connectivity index (χ0) is 58.8. The number of fused-ring (bicyclic) bond motifs is 8. The van der Waals surface area contributed by atoms with E-state index in [0.29, 0.717) is 108 Å². The maximum atomic E-state index is 17.3. The Kier molecular flexibility index (Phi) is 15.8. The number of hydrogen-bond acceptors (Lipinski definition) is 16. The average Bonchev–Trinajstić information content (AvgIpc) is 4.39. The van der Waals surface area contributed by atoms with E-state index in [1.807, 2.05) is 62.3 Å². The van der Waals surface area contributed by atoms with Crippen molar-refractivity contribution >= 4 is 50.1 Å². The Balaban J connectivity index is 0.984. The SMILES string of the molecule is CCn1c2c3c4cc(c(F)cc41)-c1cc(O)cc(c1)CC(NC(=O)C(C(C)C)N(C)C(=O)C1OCCC1c1ccc(N)cc1)C(=O)N1CCCC(N1)C(=O)OCC(C)(C)C3C(OC)c1ncc(-c3ncc(CN4CCS(=O)(=O)CC4)o3)cc1-2. The summed E-state index contributed by atoms with van der Waals surface area (Å²) in [5, 5.41) is 16.5. The third kappa shape index (κ3) is 11.1. The summed E-state index contributed by atoms with van der Waals surface area (Å²) < 4.78 is 68.7. The quantitative estimate of drug-likeness (QED) is 0.0783. The number of hydrogen-bond donors (Lipinski definition) is 4. The van der Waals surface area contributed by atoms with E-state index in [2.05, 4.69) is 15.7 Å². The second-order valence-corrected chi connectivity index (χ2v) is 26.1. The number of carbonyl (C=O) groups is 4. The Morgan fingerprint density at radius 2 is 1.76 bits per heavy atom. The van der Waals surface area contributed by atoms with Crippen LogP contribution in [0, 0.1) is 17.2 Å². The van der Waals surface area contributed by atoms with Crippen LogP contribution in [-0.2, 0) is 62.7 Å². The van der Waals surface area contributed by atoms with Crippen molar-refractivity contribution in [1.82, 2.24) is 40.1 Å². The number of nitrogens with two attached hydrogens (primary N) is 1. The van der Waals surface area contributed by atoms with Crippen LogP contribution in [0.3, 0.4) is 0 Å². The number of amides is 3. The summed E-state index contributed by atoms with van der Waals surface area (Å²) in [6.45, 7) is 11.5. The van der Waals surface area contributed by atoms with Crippen molar-refractivity contribution < 1.29 is 55.7 Å². The van der Waals surface area contributed by atoms with E-state index in [0.717, 1.165) is 16.8 Å². The number of anilines is 1. The Bertz CT molecular complexity index is 3610. The van der Waals surface area contributed by atoms with E-state index in [4.69, 9.17) is 29.3 Å². The molecule has 7 unspecified atom stereocenters. The molecule has 22 heteroatoms. The van der Waals surface area contributed by atoms with Gasteiger partial charge in [0, 0.05) is 99.0 Å². The highest BCUT2D eigenvalue weighted by Crippen LogP contribution is 2.58. The minimum Gasteiger partial charge on any atom is -0.508 e. The van der Waals surface area contributed by atoms with Crippen molar-refractivity contribution in [3.8, 4) is 39.6 Å². The summed E-state index contributed by atoms with van der Waals surface area (Å²) >= 11 is 0. The van der Waals surface area contributed by atoms with Gasteiger partial charge in [-0.05, 0) is 96.8 Å². The Morgan fingerprint density at radius 3 is 2.48 bits per heavy atom. The number of nitrogens with one attached hydrogen (secondary N) is 2. The molecule has 5 aliphatic rings. The monoisotopic (exact) mass is 1160 g/mol. The number of pyridine rings is 1. The lowest BCUT2D eigenvalue weighted by atomic mass is 9.67. The third-order valence-electron chi connectivity index (χ3n) is 17.3. The van der Waals surface area contributed by atoms with Gasteiger partial charge in [-0.1, -0.05) is 45.9 Å². The molecule has 3 aromatic carbocycles. The van der Waals surface area contributed by atoms with Gasteiger partial charge in [0.1, 0.15) is 47.7 Å². The fourth-order valence-corrected chi connectivity index (χ4v) is 14.4. The molecule has 1 aliphatic carbocycles. The number of benzene rings is 3. The molecule has 6 bridgehead atoms. The number of cyclic esters (lactones) is 1. The number of nitrogens with zero attached hydrogens (tertiary/aromatic N) is 6. The number of aromatic hydroxyl groups is 1. The van der Waals surface area contributed by atoms with Crippen LogP contribution in [0.2, 0.25) is 0 Å². The molecule has 6 aromatic rings. The van der Waals surface area contributed by atoms with E-state index in [-0.39, 0.29) is 48.3 Å². The number of esters is 1. The smallest absolute Gasteiger partial charge is 0.324 e. The van der Waals surface area contributed by atoms with Crippen molar-refractivity contribution in [2.45, 2.75) is 116 Å². The number of sulfone groups is 1. The van der Waals surface area contributed by atoms with Gasteiger partial charge in [0.25, 0.3) is 11.8 Å². The van der Waals surface area contributed by atoms with Gasteiger partial charge in [-0.15, -0.1) is 0 Å². The number of halogens is 1. The number of hydrazine groups is 1. The Hall–Kier alpha value is -7.24. The molecule has 20 nitrogen and oxygen atoms in total. The summed E-state index contributed by atoms with van der Waals surface area (Å²) in [6.07, 6.45) is 2.89. The molecule has 7 heterocycles. The van der Waals surface area contributed by atoms with Gasteiger partial charge in [-0.25, -0.2) is 23.2 Å². The molecule has 4 aliphatic heterocycles. The van der Waals surface area contributed by atoms with Crippen molar-refractivity contribution in [3.63, 3.8) is 0 Å². The summed E-state index contributed by atoms with van der Waals surface area (Å²) in [5.41, 5.74) is 14.5. The van der Waals surface area contributed by atoms with Gasteiger partial charge in [0.15, 0.2) is 9.84 Å². The normalized spacial score (nSPS) is 23.8. The van der Waals surface area contributed by atoms with Gasteiger partial charge in [-0.3, -0.25) is 34.1 Å². The Morgan fingerprint density at radius 1 is 1.00 bits per heavy atom. The highest BCUT2D eigenvalue weighted by molar-refractivity contribution is 7.91. The highest BCUT2D eigenvalue weighted by atomic mass is 32.2. The van der Waals surface area contributed by atoms with Gasteiger partial charge in [0.2, 0.25) is 11.8 Å². The van der Waals surface area contributed by atoms with Gasteiger partial charge >= 0.3 is 5.97 Å². The second kappa shape index (κ2) is 22.7. The van der Waals surface area contributed by atoms with Crippen LogP contribution in [0.25, 0.3) is 44.7 Å². The number of aromatic nitrogens is 3. The number of carbonyl (C=O) groups excluding carboxylic acids is 4. The van der Waals surface area contributed by atoms with Crippen molar-refractivity contribution in [2.24, 2.45) is 11.3 Å². The first kappa shape index (κ1) is 57.6. The lowest BCUT2D eigenvalue weighted by Gasteiger charge is -2.42. The van der Waals surface area contributed by atoms with Gasteiger partial charge in [-0.2, -0.15) is 0 Å². The van der Waals surface area contributed by atoms with E-state index in [1.54, 1.807) is 50.8 Å². The number of likely N-dealkylation sites (N-methyl/N-ethyl adjacent to an activating group) is 1.